The van der Waals surface area contributed by atoms with Gasteiger partial charge in [-0.15, -0.1) is 0 Å². The van der Waals surface area contributed by atoms with Crippen LogP contribution in [0.25, 0.3) is 0 Å². The van der Waals surface area contributed by atoms with Crippen molar-refractivity contribution in [2.75, 3.05) is 12.4 Å². The molecule has 0 N–H and O–H groups in total. The van der Waals surface area contributed by atoms with Gasteiger partial charge < -0.3 is 4.74 Å². The monoisotopic (exact) mass is 340 g/mol. The summed E-state index contributed by atoms with van der Waals surface area (Å²) < 4.78 is 6.23. The van der Waals surface area contributed by atoms with Crippen LogP contribution in [0.2, 0.25) is 0 Å². The highest BCUT2D eigenvalue weighted by Crippen LogP contribution is 2.42. The predicted molar refractivity (Wildman–Crippen MR) is 105 cm³/mol. The van der Waals surface area contributed by atoms with E-state index < -0.39 is 0 Å². The van der Waals surface area contributed by atoms with E-state index in [4.69, 9.17) is 4.74 Å². The summed E-state index contributed by atoms with van der Waals surface area (Å²) in [6, 6.07) is 21.8. The van der Waals surface area contributed by atoms with Crippen molar-refractivity contribution in [1.29, 1.82) is 0 Å². The number of rotatable bonds is 8. The fourth-order valence-corrected chi connectivity index (χ4v) is 4.28. The Morgan fingerprint density at radius 3 is 1.96 bits per heavy atom. The van der Waals surface area contributed by atoms with Crippen molar-refractivity contribution in [2.24, 2.45) is 5.41 Å². The van der Waals surface area contributed by atoms with Crippen LogP contribution in [0.15, 0.2) is 60.7 Å². The van der Waals surface area contributed by atoms with Crippen LogP contribution in [0.4, 0.5) is 0 Å². The number of benzene rings is 2. The average Bonchev–Trinajstić information content (AvgIpc) is 3.17. The molecule has 1 atom stereocenters. The molecular formula is C22H28OS. The highest BCUT2D eigenvalue weighted by molar-refractivity contribution is 7.80. The fraction of sp³-hybridized carbons (Fsp3) is 0.455. The largest absolute Gasteiger partial charge is 0.378 e. The maximum absolute atomic E-state index is 6.23. The van der Waals surface area contributed by atoms with E-state index in [1.54, 1.807) is 0 Å². The van der Waals surface area contributed by atoms with Crippen LogP contribution in [0.1, 0.15) is 36.8 Å². The summed E-state index contributed by atoms with van der Waals surface area (Å²) >= 11 is 4.49. The van der Waals surface area contributed by atoms with E-state index in [9.17, 15) is 0 Å². The lowest BCUT2D eigenvalue weighted by atomic mass is 9.68. The van der Waals surface area contributed by atoms with E-state index in [1.165, 1.54) is 30.4 Å². The van der Waals surface area contributed by atoms with Gasteiger partial charge >= 0.3 is 0 Å². The van der Waals surface area contributed by atoms with Gasteiger partial charge in [-0.05, 0) is 55.4 Å². The second kappa shape index (κ2) is 8.73. The van der Waals surface area contributed by atoms with E-state index >= 15 is 0 Å². The van der Waals surface area contributed by atoms with Gasteiger partial charge in [0.1, 0.15) is 0 Å². The highest BCUT2D eigenvalue weighted by Gasteiger charge is 2.40. The fourth-order valence-electron chi connectivity index (χ4n) is 4.12. The maximum atomic E-state index is 6.23. The first-order valence-corrected chi connectivity index (χ1v) is 9.76. The molecular weight excluding hydrogens is 312 g/mol. The van der Waals surface area contributed by atoms with Gasteiger partial charge in [0.25, 0.3) is 0 Å². The van der Waals surface area contributed by atoms with E-state index in [-0.39, 0.29) is 5.41 Å². The van der Waals surface area contributed by atoms with Crippen molar-refractivity contribution in [1.82, 2.24) is 0 Å². The number of hydrogen-bond acceptors (Lipinski definition) is 2. The van der Waals surface area contributed by atoms with Crippen LogP contribution in [0.5, 0.6) is 0 Å². The second-order valence-electron chi connectivity index (χ2n) is 7.02. The van der Waals surface area contributed by atoms with Gasteiger partial charge in [0.15, 0.2) is 0 Å². The standard InChI is InChI=1S/C22H28OS/c24-16-8-14-22(21-13-7-15-23-21,17-19-9-3-1-4-10-19)18-20-11-5-2-6-12-20/h1-6,9-12,21,24H,7-8,13-18H2. The molecule has 0 aromatic heterocycles. The summed E-state index contributed by atoms with van der Waals surface area (Å²) in [7, 11) is 0. The maximum Gasteiger partial charge on any atom is 0.0638 e. The van der Waals surface area contributed by atoms with Crippen molar-refractivity contribution in [3.63, 3.8) is 0 Å². The zero-order valence-electron chi connectivity index (χ0n) is 14.4. The average molecular weight is 341 g/mol. The van der Waals surface area contributed by atoms with Gasteiger partial charge in [0.05, 0.1) is 6.10 Å². The minimum atomic E-state index is 0.169. The summed E-state index contributed by atoms with van der Waals surface area (Å²) in [6.07, 6.45) is 7.22. The SMILES string of the molecule is SCCCC(Cc1ccccc1)(Cc1ccccc1)C1CCCO1. The molecule has 1 heterocycles. The number of hydrogen-bond donors (Lipinski definition) is 1. The quantitative estimate of drug-likeness (QED) is 0.638. The first kappa shape index (κ1) is 17.6. The van der Waals surface area contributed by atoms with Crippen LogP contribution < -0.4 is 0 Å². The van der Waals surface area contributed by atoms with Crippen LogP contribution in [-0.2, 0) is 17.6 Å². The predicted octanol–water partition coefficient (Wildman–Crippen LogP) is 5.35. The summed E-state index contributed by atoms with van der Waals surface area (Å²) in [5, 5.41) is 0. The van der Waals surface area contributed by atoms with Crippen molar-refractivity contribution in [2.45, 2.75) is 44.6 Å². The Kier molecular flexibility index (Phi) is 6.39. The summed E-state index contributed by atoms with van der Waals surface area (Å²) in [6.45, 7) is 0.914. The molecule has 0 amide bonds. The minimum Gasteiger partial charge on any atom is -0.378 e. The molecule has 1 aliphatic heterocycles. The lowest BCUT2D eigenvalue weighted by molar-refractivity contribution is -0.00775. The third-order valence-electron chi connectivity index (χ3n) is 5.24. The normalized spacial score (nSPS) is 18.0. The molecule has 1 aliphatic rings. The molecule has 1 fully saturated rings. The van der Waals surface area contributed by atoms with Gasteiger partial charge in [-0.3, -0.25) is 0 Å². The Balaban J connectivity index is 1.91. The van der Waals surface area contributed by atoms with Crippen molar-refractivity contribution in [3.05, 3.63) is 71.8 Å². The Morgan fingerprint density at radius 2 is 1.50 bits per heavy atom. The highest BCUT2D eigenvalue weighted by atomic mass is 32.1. The van der Waals surface area contributed by atoms with Gasteiger partial charge in [0.2, 0.25) is 0 Å². The van der Waals surface area contributed by atoms with Gasteiger partial charge in [0, 0.05) is 12.0 Å². The van der Waals surface area contributed by atoms with E-state index in [2.05, 4.69) is 73.3 Å². The topological polar surface area (TPSA) is 9.23 Å². The second-order valence-corrected chi connectivity index (χ2v) is 7.46. The van der Waals surface area contributed by atoms with Crippen molar-refractivity contribution in [3.8, 4) is 0 Å². The van der Waals surface area contributed by atoms with Crippen LogP contribution in [0.3, 0.4) is 0 Å². The molecule has 3 rings (SSSR count). The third-order valence-corrected chi connectivity index (χ3v) is 5.56. The molecule has 2 aromatic rings. The molecule has 0 bridgehead atoms. The van der Waals surface area contributed by atoms with Crippen LogP contribution in [0, 0.1) is 5.41 Å². The molecule has 0 spiro atoms. The minimum absolute atomic E-state index is 0.169. The van der Waals surface area contributed by atoms with Gasteiger partial charge in [-0.1, -0.05) is 60.7 Å². The molecule has 0 radical (unpaired) electrons. The third kappa shape index (κ3) is 4.43. The van der Waals surface area contributed by atoms with Crippen molar-refractivity contribution >= 4 is 12.6 Å². The zero-order valence-corrected chi connectivity index (χ0v) is 15.3. The van der Waals surface area contributed by atoms with E-state index in [0.717, 1.165) is 31.6 Å². The Bertz CT molecular complexity index is 548. The molecule has 128 valence electrons. The lowest BCUT2D eigenvalue weighted by Gasteiger charge is -2.39. The van der Waals surface area contributed by atoms with E-state index in [0.29, 0.717) is 6.10 Å². The summed E-state index contributed by atoms with van der Waals surface area (Å²) in [5.74, 6) is 0.943. The molecule has 24 heavy (non-hydrogen) atoms. The molecule has 1 nitrogen and oxygen atoms in total. The van der Waals surface area contributed by atoms with Crippen LogP contribution in [-0.4, -0.2) is 18.5 Å². The molecule has 0 aliphatic carbocycles. The molecule has 2 aromatic carbocycles. The first-order valence-electron chi connectivity index (χ1n) is 9.13. The summed E-state index contributed by atoms with van der Waals surface area (Å²) in [4.78, 5) is 0. The first-order chi connectivity index (χ1) is 11.8. The van der Waals surface area contributed by atoms with Crippen molar-refractivity contribution < 1.29 is 4.74 Å². The molecule has 1 saturated heterocycles. The molecule has 0 saturated carbocycles. The van der Waals surface area contributed by atoms with Gasteiger partial charge in [-0.25, -0.2) is 0 Å². The summed E-state index contributed by atoms with van der Waals surface area (Å²) in [5.41, 5.74) is 3.01. The Morgan fingerprint density at radius 1 is 0.917 bits per heavy atom. The smallest absolute Gasteiger partial charge is 0.0638 e. The number of ether oxygens (including phenoxy) is 1. The zero-order chi connectivity index (χ0) is 16.7. The molecule has 2 heteroatoms. The van der Waals surface area contributed by atoms with Crippen LogP contribution >= 0.6 is 12.6 Å². The Hall–Kier alpha value is -1.25. The Labute approximate surface area is 151 Å². The number of thiol groups is 1. The van der Waals surface area contributed by atoms with E-state index in [1.807, 2.05) is 0 Å². The van der Waals surface area contributed by atoms with Gasteiger partial charge in [-0.2, -0.15) is 12.6 Å². The lowest BCUT2D eigenvalue weighted by Crippen LogP contribution is -2.39. The molecule has 1 unspecified atom stereocenters.